The van der Waals surface area contributed by atoms with Crippen molar-refractivity contribution in [3.05, 3.63) is 0 Å². The van der Waals surface area contributed by atoms with Crippen molar-refractivity contribution in [2.45, 2.75) is 51.2 Å². The molecule has 1 rings (SSSR count). The molecule has 1 atom stereocenters. The largest absolute Gasteiger partial charge is 0.428 e. The van der Waals surface area contributed by atoms with E-state index in [1.54, 1.807) is 6.04 Å². The molecule has 0 radical (unpaired) electrons. The van der Waals surface area contributed by atoms with Crippen molar-refractivity contribution < 1.29 is 4.43 Å². The fourth-order valence-corrected chi connectivity index (χ4v) is 21.3. The molecule has 1 unspecified atom stereocenters. The second-order valence-electron chi connectivity index (χ2n) is 4.73. The first-order chi connectivity index (χ1) is 6.27. The number of rotatable bonds is 5. The first-order valence-corrected chi connectivity index (χ1v) is 15.7. The molecule has 0 spiro atoms. The molecular formula is C9H24OSi3. The quantitative estimate of drug-likeness (QED) is 0.513. The van der Waals surface area contributed by atoms with Crippen LogP contribution in [0.15, 0.2) is 0 Å². The van der Waals surface area contributed by atoms with Crippen molar-refractivity contribution in [2.75, 3.05) is 6.61 Å². The normalized spacial score (nSPS) is 32.8. The summed E-state index contributed by atoms with van der Waals surface area (Å²) in [5.74, 6) is 0. The predicted octanol–water partition coefficient (Wildman–Crippen LogP) is 1.34. The highest BCUT2D eigenvalue weighted by molar-refractivity contribution is 7.42. The minimum absolute atomic E-state index is 0.0655. The Morgan fingerprint density at radius 3 is 2.77 bits per heavy atom. The zero-order chi connectivity index (χ0) is 9.57. The van der Waals surface area contributed by atoms with Gasteiger partial charge in [-0.05, 0) is 6.04 Å². The van der Waals surface area contributed by atoms with E-state index in [-0.39, 0.29) is 9.28 Å². The Balaban J connectivity index is 2.10. The summed E-state index contributed by atoms with van der Waals surface area (Å²) in [6.07, 6.45) is 5.88. The predicted molar refractivity (Wildman–Crippen MR) is 68.4 cm³/mol. The molecule has 0 amide bonds. The van der Waals surface area contributed by atoms with Gasteiger partial charge in [0.2, 0.25) is 0 Å². The maximum atomic E-state index is 5.63. The summed E-state index contributed by atoms with van der Waals surface area (Å²) in [5, 5.41) is 0. The molecule has 0 aromatic carbocycles. The number of hydrogen-bond acceptors (Lipinski definition) is 1. The van der Waals surface area contributed by atoms with Crippen molar-refractivity contribution >= 4 is 25.4 Å². The second kappa shape index (κ2) is 6.16. The maximum absolute atomic E-state index is 5.63. The van der Waals surface area contributed by atoms with Gasteiger partial charge < -0.3 is 4.43 Å². The molecule has 0 aliphatic carbocycles. The fourth-order valence-electron chi connectivity index (χ4n) is 2.09. The Hall–Kier alpha value is 0.611. The molecule has 1 saturated heterocycles. The molecule has 1 aliphatic rings. The second-order valence-corrected chi connectivity index (χ2v) is 23.0. The van der Waals surface area contributed by atoms with Gasteiger partial charge >= 0.3 is 0 Å². The van der Waals surface area contributed by atoms with Gasteiger partial charge in [-0.25, -0.2) is 0 Å². The molecule has 0 aromatic rings. The van der Waals surface area contributed by atoms with Gasteiger partial charge in [0.25, 0.3) is 0 Å². The van der Waals surface area contributed by atoms with Crippen LogP contribution in [0, 0.1) is 0 Å². The van der Waals surface area contributed by atoms with E-state index in [9.17, 15) is 0 Å². The molecule has 1 heterocycles. The molecule has 78 valence electrons. The Kier molecular flexibility index (Phi) is 5.54. The van der Waals surface area contributed by atoms with Gasteiger partial charge in [0, 0.05) is 22.8 Å². The van der Waals surface area contributed by atoms with Crippen LogP contribution < -0.4 is 0 Å². The van der Waals surface area contributed by atoms with Crippen molar-refractivity contribution in [3.8, 4) is 0 Å². The van der Waals surface area contributed by atoms with Gasteiger partial charge in [0.15, 0.2) is 0 Å². The molecule has 1 nitrogen and oxygen atoms in total. The highest BCUT2D eigenvalue weighted by Gasteiger charge is 2.29. The van der Waals surface area contributed by atoms with Crippen LogP contribution >= 0.6 is 0 Å². The van der Waals surface area contributed by atoms with E-state index >= 15 is 0 Å². The highest BCUT2D eigenvalue weighted by Crippen LogP contribution is 2.20. The van der Waals surface area contributed by atoms with Crippen LogP contribution in [0.3, 0.4) is 0 Å². The van der Waals surface area contributed by atoms with Gasteiger partial charge in [0.1, 0.15) is 9.28 Å². The third-order valence-corrected chi connectivity index (χ3v) is 28.2. The molecule has 1 fully saturated rings. The van der Waals surface area contributed by atoms with Gasteiger partial charge in [0.05, 0.1) is 0 Å². The average molecular weight is 233 g/mol. The third-order valence-electron chi connectivity index (χ3n) is 3.33. The minimum Gasteiger partial charge on any atom is -0.428 e. The summed E-state index contributed by atoms with van der Waals surface area (Å²) in [6, 6.07) is 3.16. The zero-order valence-electron chi connectivity index (χ0n) is 9.27. The average Bonchev–Trinajstić information content (AvgIpc) is 2.14. The molecule has 4 heteroatoms. The van der Waals surface area contributed by atoms with Crippen LogP contribution in [-0.4, -0.2) is 32.0 Å². The Morgan fingerprint density at radius 2 is 2.15 bits per heavy atom. The molecule has 0 N–H and O–H groups in total. The molecule has 0 aromatic heterocycles. The van der Waals surface area contributed by atoms with Gasteiger partial charge in [-0.15, -0.1) is 0 Å². The van der Waals surface area contributed by atoms with Gasteiger partial charge in [-0.1, -0.05) is 45.2 Å². The van der Waals surface area contributed by atoms with Gasteiger partial charge in [-0.2, -0.15) is 0 Å². The van der Waals surface area contributed by atoms with Crippen molar-refractivity contribution in [3.63, 3.8) is 0 Å². The first-order valence-electron chi connectivity index (χ1n) is 5.85. The van der Waals surface area contributed by atoms with E-state index in [2.05, 4.69) is 13.5 Å². The maximum Gasteiger partial charge on any atom is 0.141 e. The number of unbranched alkanes of at least 4 members (excludes halogenated alkanes) is 3. The minimum atomic E-state index is -0.611. The molecule has 1 aliphatic heterocycles. The summed E-state index contributed by atoms with van der Waals surface area (Å²) < 4.78 is 5.63. The summed E-state index contributed by atoms with van der Waals surface area (Å²) in [6.45, 7) is 6.12. The standard InChI is InChI=1S/C9H24OSi3/c1-3-4-5-6-8-13(2)9-7-10-11-12-13/h3-9,11-12H2,1-2H3. The summed E-state index contributed by atoms with van der Waals surface area (Å²) >= 11 is 0. The Labute approximate surface area is 88.0 Å². The van der Waals surface area contributed by atoms with Gasteiger partial charge in [-0.3, -0.25) is 0 Å². The Bertz CT molecular complexity index is 135. The van der Waals surface area contributed by atoms with E-state index in [1.165, 1.54) is 31.7 Å². The molecule has 0 bridgehead atoms. The third kappa shape index (κ3) is 4.58. The first kappa shape index (κ1) is 11.7. The van der Waals surface area contributed by atoms with Crippen LogP contribution in [-0.2, 0) is 4.43 Å². The van der Waals surface area contributed by atoms with E-state index in [4.69, 9.17) is 4.43 Å². The summed E-state index contributed by atoms with van der Waals surface area (Å²) in [5.41, 5.74) is 0. The van der Waals surface area contributed by atoms with E-state index in [1.807, 2.05) is 0 Å². The lowest BCUT2D eigenvalue weighted by atomic mass is 10.2. The highest BCUT2D eigenvalue weighted by atomic mass is 29.6. The van der Waals surface area contributed by atoms with E-state index < -0.39 is 7.59 Å². The van der Waals surface area contributed by atoms with Crippen molar-refractivity contribution in [2.24, 2.45) is 0 Å². The smallest absolute Gasteiger partial charge is 0.141 e. The van der Waals surface area contributed by atoms with Crippen LogP contribution in [0.2, 0.25) is 18.6 Å². The molecule has 13 heavy (non-hydrogen) atoms. The SMILES string of the molecule is CCCCCC[Si]1(C)CCO[SiH2][SiH2]1. The number of hydrogen-bond donors (Lipinski definition) is 0. The van der Waals surface area contributed by atoms with E-state index in [0.29, 0.717) is 8.55 Å². The van der Waals surface area contributed by atoms with Crippen LogP contribution in [0.25, 0.3) is 0 Å². The van der Waals surface area contributed by atoms with Crippen LogP contribution in [0.4, 0.5) is 0 Å². The zero-order valence-corrected chi connectivity index (χ0v) is 13.1. The fraction of sp³-hybridized carbons (Fsp3) is 1.00. The van der Waals surface area contributed by atoms with Crippen LogP contribution in [0.5, 0.6) is 0 Å². The Morgan fingerprint density at radius 1 is 1.31 bits per heavy atom. The monoisotopic (exact) mass is 232 g/mol. The van der Waals surface area contributed by atoms with Crippen LogP contribution in [0.1, 0.15) is 32.6 Å². The molecular weight excluding hydrogens is 208 g/mol. The summed E-state index contributed by atoms with van der Waals surface area (Å²) in [7, 11) is -0.198. The van der Waals surface area contributed by atoms with E-state index in [0.717, 1.165) is 6.61 Å². The summed E-state index contributed by atoms with van der Waals surface area (Å²) in [4.78, 5) is 0. The topological polar surface area (TPSA) is 9.23 Å². The lowest BCUT2D eigenvalue weighted by Crippen LogP contribution is -2.47. The van der Waals surface area contributed by atoms with Crippen molar-refractivity contribution in [1.82, 2.24) is 0 Å². The lowest BCUT2D eigenvalue weighted by molar-refractivity contribution is 0.365. The van der Waals surface area contributed by atoms with Crippen molar-refractivity contribution in [1.29, 1.82) is 0 Å². The molecule has 0 saturated carbocycles. The lowest BCUT2D eigenvalue weighted by Gasteiger charge is -2.31.